The van der Waals surface area contributed by atoms with Crippen LogP contribution in [0.3, 0.4) is 0 Å². The molecule has 2 aliphatic heterocycles. The van der Waals surface area contributed by atoms with E-state index in [4.69, 9.17) is 0 Å². The molecule has 2 aliphatic rings. The van der Waals surface area contributed by atoms with E-state index in [-0.39, 0.29) is 10.7 Å². The molecular formula is C25H20N2O3. The standard InChI is InChI=1S/C25H20N2O3/c28-25(19-12-5-2-6-13-19)24-22(18-10-3-1-4-11-18)23(27(29)30)21-16-15-17-9-7-8-14-20(17)26(21)24/h1-16,21-24H/t21-,22+,23-,24+/m1/s1. The second-order valence-corrected chi connectivity index (χ2v) is 7.70. The number of rotatable bonds is 4. The predicted molar refractivity (Wildman–Crippen MR) is 116 cm³/mol. The minimum Gasteiger partial charge on any atom is -0.346 e. The molecule has 0 aliphatic carbocycles. The van der Waals surface area contributed by atoms with Gasteiger partial charge in [0.2, 0.25) is 6.04 Å². The van der Waals surface area contributed by atoms with Crippen molar-refractivity contribution >= 4 is 17.5 Å². The van der Waals surface area contributed by atoms with Gasteiger partial charge in [0, 0.05) is 16.2 Å². The van der Waals surface area contributed by atoms with Crippen LogP contribution in [-0.2, 0) is 0 Å². The maximum atomic E-state index is 13.8. The van der Waals surface area contributed by atoms with Crippen LogP contribution in [0, 0.1) is 10.1 Å². The van der Waals surface area contributed by atoms with Crippen molar-refractivity contribution in [2.45, 2.75) is 24.0 Å². The van der Waals surface area contributed by atoms with Crippen LogP contribution in [0.2, 0.25) is 0 Å². The molecule has 30 heavy (non-hydrogen) atoms. The van der Waals surface area contributed by atoms with E-state index in [1.807, 2.05) is 89.8 Å². The van der Waals surface area contributed by atoms with Crippen LogP contribution in [-0.4, -0.2) is 28.8 Å². The molecule has 0 bridgehead atoms. The molecule has 148 valence electrons. The molecule has 1 saturated heterocycles. The first kappa shape index (κ1) is 18.3. The Morgan fingerprint density at radius 2 is 1.50 bits per heavy atom. The summed E-state index contributed by atoms with van der Waals surface area (Å²) in [6.45, 7) is 0. The lowest BCUT2D eigenvalue weighted by molar-refractivity contribution is -0.524. The van der Waals surface area contributed by atoms with Gasteiger partial charge in [0.15, 0.2) is 5.78 Å². The van der Waals surface area contributed by atoms with E-state index >= 15 is 0 Å². The highest BCUT2D eigenvalue weighted by atomic mass is 16.6. The zero-order valence-electron chi connectivity index (χ0n) is 16.2. The SMILES string of the molecule is O=C(c1ccccc1)[C@@H]1[C@@H](c2ccccc2)[C@H]([N+](=O)[O-])[C@H]2C=Cc3ccccc3N21. The number of nitrogens with zero attached hydrogens (tertiary/aromatic N) is 2. The molecule has 0 spiro atoms. The van der Waals surface area contributed by atoms with Gasteiger partial charge < -0.3 is 4.90 Å². The minimum absolute atomic E-state index is 0.0936. The normalized spacial score (nSPS) is 24.2. The molecular weight excluding hydrogens is 376 g/mol. The maximum absolute atomic E-state index is 13.8. The molecule has 0 N–H and O–H groups in total. The van der Waals surface area contributed by atoms with Crippen LogP contribution in [0.1, 0.15) is 27.4 Å². The van der Waals surface area contributed by atoms with Gasteiger partial charge in [0.05, 0.1) is 5.92 Å². The van der Waals surface area contributed by atoms with Crippen molar-refractivity contribution in [1.82, 2.24) is 0 Å². The Labute approximate surface area is 174 Å². The van der Waals surface area contributed by atoms with Crippen LogP contribution in [0.4, 0.5) is 5.69 Å². The fraction of sp³-hybridized carbons (Fsp3) is 0.160. The monoisotopic (exact) mass is 396 g/mol. The molecule has 3 aromatic rings. The van der Waals surface area contributed by atoms with Gasteiger partial charge in [0.1, 0.15) is 12.1 Å². The zero-order valence-corrected chi connectivity index (χ0v) is 16.2. The highest BCUT2D eigenvalue weighted by Crippen LogP contribution is 2.46. The van der Waals surface area contributed by atoms with Gasteiger partial charge >= 0.3 is 0 Å². The molecule has 4 atom stereocenters. The number of carbonyl (C=O) groups is 1. The van der Waals surface area contributed by atoms with E-state index in [0.717, 1.165) is 16.8 Å². The molecule has 3 aromatic carbocycles. The summed E-state index contributed by atoms with van der Waals surface area (Å²) in [5.41, 5.74) is 3.21. The molecule has 5 nitrogen and oxygen atoms in total. The van der Waals surface area contributed by atoms with E-state index < -0.39 is 24.0 Å². The van der Waals surface area contributed by atoms with Crippen molar-refractivity contribution in [1.29, 1.82) is 0 Å². The quantitative estimate of drug-likeness (QED) is 0.368. The van der Waals surface area contributed by atoms with Crippen LogP contribution >= 0.6 is 0 Å². The van der Waals surface area contributed by atoms with E-state index in [1.165, 1.54) is 0 Å². The van der Waals surface area contributed by atoms with Crippen LogP contribution in [0.15, 0.2) is 91.0 Å². The molecule has 5 heteroatoms. The Morgan fingerprint density at radius 3 is 2.20 bits per heavy atom. The summed E-state index contributed by atoms with van der Waals surface area (Å²) in [4.78, 5) is 27.8. The third-order valence-corrected chi connectivity index (χ3v) is 6.12. The largest absolute Gasteiger partial charge is 0.346 e. The maximum Gasteiger partial charge on any atom is 0.245 e. The average Bonchev–Trinajstić information content (AvgIpc) is 3.16. The topological polar surface area (TPSA) is 63.4 Å². The first-order chi connectivity index (χ1) is 14.7. The summed E-state index contributed by atoms with van der Waals surface area (Å²) in [6.07, 6.45) is 3.81. The fourth-order valence-corrected chi connectivity index (χ4v) is 4.88. The summed E-state index contributed by atoms with van der Waals surface area (Å²) < 4.78 is 0. The number of benzene rings is 3. The van der Waals surface area contributed by atoms with E-state index in [9.17, 15) is 14.9 Å². The molecule has 0 amide bonds. The molecule has 1 fully saturated rings. The van der Waals surface area contributed by atoms with Gasteiger partial charge in [-0.1, -0.05) is 91.0 Å². The van der Waals surface area contributed by atoms with Gasteiger partial charge in [-0.2, -0.15) is 0 Å². The Kier molecular flexibility index (Phi) is 4.43. The van der Waals surface area contributed by atoms with Crippen LogP contribution in [0.25, 0.3) is 6.08 Å². The first-order valence-corrected chi connectivity index (χ1v) is 10.00. The Morgan fingerprint density at radius 1 is 0.867 bits per heavy atom. The minimum atomic E-state index is -0.922. The molecule has 0 unspecified atom stereocenters. The Balaban J connectivity index is 1.73. The molecule has 0 radical (unpaired) electrons. The number of anilines is 1. The van der Waals surface area contributed by atoms with E-state index in [1.54, 1.807) is 12.1 Å². The van der Waals surface area contributed by atoms with Gasteiger partial charge in [0.25, 0.3) is 0 Å². The van der Waals surface area contributed by atoms with Crippen LogP contribution < -0.4 is 4.90 Å². The third kappa shape index (κ3) is 2.82. The lowest BCUT2D eigenvalue weighted by Gasteiger charge is -2.34. The van der Waals surface area contributed by atoms with Crippen molar-refractivity contribution in [2.24, 2.45) is 0 Å². The van der Waals surface area contributed by atoms with Crippen molar-refractivity contribution < 1.29 is 9.72 Å². The summed E-state index contributed by atoms with van der Waals surface area (Å²) in [6, 6.07) is 24.2. The zero-order chi connectivity index (χ0) is 20.7. The number of Topliss-reactive ketones (excluding diaryl/α,β-unsaturated/α-hetero) is 1. The smallest absolute Gasteiger partial charge is 0.245 e. The van der Waals surface area contributed by atoms with Crippen molar-refractivity contribution in [3.8, 4) is 0 Å². The fourth-order valence-electron chi connectivity index (χ4n) is 4.88. The molecule has 2 heterocycles. The average molecular weight is 396 g/mol. The highest BCUT2D eigenvalue weighted by Gasteiger charge is 2.58. The Hall–Kier alpha value is -3.73. The molecule has 0 aromatic heterocycles. The lowest BCUT2D eigenvalue weighted by Crippen LogP contribution is -2.44. The van der Waals surface area contributed by atoms with Gasteiger partial charge in [-0.15, -0.1) is 0 Å². The first-order valence-electron chi connectivity index (χ1n) is 10.00. The summed E-state index contributed by atoms with van der Waals surface area (Å²) in [5, 5.41) is 12.3. The number of hydrogen-bond donors (Lipinski definition) is 0. The van der Waals surface area contributed by atoms with Gasteiger partial charge in [-0.05, 0) is 17.2 Å². The lowest BCUT2D eigenvalue weighted by atomic mass is 9.84. The van der Waals surface area contributed by atoms with Crippen molar-refractivity contribution in [2.75, 3.05) is 4.90 Å². The summed E-state index contributed by atoms with van der Waals surface area (Å²) in [5.74, 6) is -0.654. The predicted octanol–water partition coefficient (Wildman–Crippen LogP) is 4.58. The second kappa shape index (κ2) is 7.26. The van der Waals surface area contributed by atoms with Gasteiger partial charge in [-0.3, -0.25) is 14.9 Å². The number of ketones is 1. The summed E-state index contributed by atoms with van der Waals surface area (Å²) >= 11 is 0. The van der Waals surface area contributed by atoms with Crippen molar-refractivity contribution in [3.63, 3.8) is 0 Å². The number of fused-ring (bicyclic) bond motifs is 3. The second-order valence-electron chi connectivity index (χ2n) is 7.70. The summed E-state index contributed by atoms with van der Waals surface area (Å²) in [7, 11) is 0. The third-order valence-electron chi connectivity index (χ3n) is 6.12. The Bertz CT molecular complexity index is 1130. The van der Waals surface area contributed by atoms with E-state index in [2.05, 4.69) is 0 Å². The van der Waals surface area contributed by atoms with E-state index in [0.29, 0.717) is 5.56 Å². The number of carbonyl (C=O) groups excluding carboxylic acids is 1. The molecule has 0 saturated carbocycles. The molecule has 5 rings (SSSR count). The number of nitro groups is 1. The number of para-hydroxylation sites is 1. The highest BCUT2D eigenvalue weighted by molar-refractivity contribution is 6.04. The van der Waals surface area contributed by atoms with Crippen molar-refractivity contribution in [3.05, 3.63) is 118 Å². The van der Waals surface area contributed by atoms with Crippen LogP contribution in [0.5, 0.6) is 0 Å². The number of hydrogen-bond acceptors (Lipinski definition) is 4. The van der Waals surface area contributed by atoms with Gasteiger partial charge in [-0.25, -0.2) is 0 Å².